The molecule has 0 saturated heterocycles. The van der Waals surface area contributed by atoms with Crippen molar-refractivity contribution in [2.75, 3.05) is 6.54 Å². The number of hydrogen-bond donors (Lipinski definition) is 3. The fraction of sp³-hybridized carbons (Fsp3) is 0.556. The van der Waals surface area contributed by atoms with Crippen LogP contribution in [0.15, 0.2) is 24.3 Å². The molecule has 1 atom stereocenters. The summed E-state index contributed by atoms with van der Waals surface area (Å²) in [7, 11) is 0. The summed E-state index contributed by atoms with van der Waals surface area (Å²) in [6.45, 7) is 9.97. The van der Waals surface area contributed by atoms with Crippen molar-refractivity contribution >= 4 is 24.2 Å². The zero-order valence-electron chi connectivity index (χ0n) is 15.2. The van der Waals surface area contributed by atoms with E-state index in [4.69, 9.17) is 5.73 Å². The zero-order chi connectivity index (χ0) is 17.6. The van der Waals surface area contributed by atoms with Gasteiger partial charge in [0.1, 0.15) is 6.04 Å². The maximum absolute atomic E-state index is 12.4. The topological polar surface area (TPSA) is 84.2 Å². The summed E-state index contributed by atoms with van der Waals surface area (Å²) in [6.07, 6.45) is 0.578. The van der Waals surface area contributed by atoms with Crippen LogP contribution in [0.5, 0.6) is 0 Å². The van der Waals surface area contributed by atoms with Gasteiger partial charge in [-0.2, -0.15) is 0 Å². The van der Waals surface area contributed by atoms with Crippen LogP contribution in [0.2, 0.25) is 0 Å². The van der Waals surface area contributed by atoms with E-state index < -0.39 is 11.6 Å². The zero-order valence-corrected chi connectivity index (χ0v) is 16.0. The van der Waals surface area contributed by atoms with Crippen LogP contribution < -0.4 is 16.4 Å². The van der Waals surface area contributed by atoms with Crippen LogP contribution in [0.3, 0.4) is 0 Å². The molecule has 1 rings (SSSR count). The monoisotopic (exact) mass is 355 g/mol. The Morgan fingerprint density at radius 1 is 1.21 bits per heavy atom. The molecule has 0 aromatic heterocycles. The number of halogens is 1. The summed E-state index contributed by atoms with van der Waals surface area (Å²) < 4.78 is 0. The fourth-order valence-electron chi connectivity index (χ4n) is 2.20. The van der Waals surface area contributed by atoms with Gasteiger partial charge in [0, 0.05) is 17.6 Å². The van der Waals surface area contributed by atoms with Crippen molar-refractivity contribution in [2.45, 2.75) is 52.6 Å². The minimum absolute atomic E-state index is 0. The van der Waals surface area contributed by atoms with Gasteiger partial charge in [0.15, 0.2) is 0 Å². The summed E-state index contributed by atoms with van der Waals surface area (Å²) in [5.41, 5.74) is 6.88. The van der Waals surface area contributed by atoms with Gasteiger partial charge in [0.2, 0.25) is 5.91 Å². The molecule has 0 radical (unpaired) electrons. The van der Waals surface area contributed by atoms with Crippen molar-refractivity contribution in [3.05, 3.63) is 35.4 Å². The van der Waals surface area contributed by atoms with Crippen molar-refractivity contribution in [1.29, 1.82) is 0 Å². The molecule has 0 spiro atoms. The predicted molar refractivity (Wildman–Crippen MR) is 100 cm³/mol. The van der Waals surface area contributed by atoms with Gasteiger partial charge >= 0.3 is 0 Å². The number of benzene rings is 1. The van der Waals surface area contributed by atoms with E-state index in [1.165, 1.54) is 0 Å². The van der Waals surface area contributed by atoms with Gasteiger partial charge in [-0.05, 0) is 44.7 Å². The summed E-state index contributed by atoms with van der Waals surface area (Å²) in [5.74, 6) is -0.135. The number of carbonyl (C=O) groups excluding carboxylic acids is 2. The van der Waals surface area contributed by atoms with E-state index in [1.807, 2.05) is 52.8 Å². The Balaban J connectivity index is 0.00000529. The van der Waals surface area contributed by atoms with Crippen molar-refractivity contribution in [3.63, 3.8) is 0 Å². The Bertz CT molecular complexity index is 553. The number of nitrogens with two attached hydrogens (primary N) is 1. The lowest BCUT2D eigenvalue weighted by atomic mass is 10.0. The molecule has 0 aliphatic rings. The number of aryl methyl sites for hydroxylation is 1. The van der Waals surface area contributed by atoms with E-state index in [9.17, 15) is 9.59 Å². The number of carbonyl (C=O) groups is 2. The smallest absolute Gasteiger partial charge is 0.252 e. The molecule has 1 unspecified atom stereocenters. The maximum atomic E-state index is 12.4. The lowest BCUT2D eigenvalue weighted by Crippen LogP contribution is -2.52. The van der Waals surface area contributed by atoms with Crippen molar-refractivity contribution in [1.82, 2.24) is 10.6 Å². The maximum Gasteiger partial charge on any atom is 0.252 e. The van der Waals surface area contributed by atoms with Crippen LogP contribution in [0.25, 0.3) is 0 Å². The van der Waals surface area contributed by atoms with Crippen LogP contribution in [-0.2, 0) is 4.79 Å². The van der Waals surface area contributed by atoms with E-state index in [1.54, 1.807) is 6.07 Å². The highest BCUT2D eigenvalue weighted by Gasteiger charge is 2.24. The molecule has 6 heteroatoms. The first-order valence-corrected chi connectivity index (χ1v) is 8.03. The number of hydrogen-bond acceptors (Lipinski definition) is 3. The molecule has 0 bridgehead atoms. The van der Waals surface area contributed by atoms with Crippen LogP contribution >= 0.6 is 12.4 Å². The molecule has 0 aliphatic carbocycles. The summed E-state index contributed by atoms with van der Waals surface area (Å²) in [5, 5.41) is 5.67. The Kier molecular flexibility index (Phi) is 9.01. The van der Waals surface area contributed by atoms with Gasteiger partial charge in [-0.3, -0.25) is 9.59 Å². The van der Waals surface area contributed by atoms with Crippen molar-refractivity contribution in [2.24, 2.45) is 11.7 Å². The molecule has 0 saturated carbocycles. The fourth-order valence-corrected chi connectivity index (χ4v) is 2.20. The number of amides is 2. The highest BCUT2D eigenvalue weighted by Crippen LogP contribution is 2.10. The standard InChI is InChI=1S/C18H29N3O2.ClH/c1-12(2)10-15(17(23)20-11-18(4,5)19)21-16(22)14-9-7-6-8-13(14)3;/h6-9,12,15H,10-11,19H2,1-5H3,(H,20,23)(H,21,22);1H. The molecule has 0 fully saturated rings. The Hall–Kier alpha value is -1.59. The Morgan fingerprint density at radius 2 is 1.79 bits per heavy atom. The lowest BCUT2D eigenvalue weighted by Gasteiger charge is -2.24. The average molecular weight is 356 g/mol. The van der Waals surface area contributed by atoms with Crippen molar-refractivity contribution in [3.8, 4) is 0 Å². The van der Waals surface area contributed by atoms with Crippen LogP contribution in [0, 0.1) is 12.8 Å². The van der Waals surface area contributed by atoms with Gasteiger partial charge in [-0.25, -0.2) is 0 Å². The largest absolute Gasteiger partial charge is 0.352 e. The molecule has 5 nitrogen and oxygen atoms in total. The molecule has 24 heavy (non-hydrogen) atoms. The first-order chi connectivity index (χ1) is 10.6. The molecular weight excluding hydrogens is 326 g/mol. The minimum Gasteiger partial charge on any atom is -0.352 e. The second-order valence-corrected chi connectivity index (χ2v) is 7.18. The SMILES string of the molecule is Cc1ccccc1C(=O)NC(CC(C)C)C(=O)NCC(C)(C)N.Cl. The quantitative estimate of drug-likeness (QED) is 0.702. The van der Waals surface area contributed by atoms with Gasteiger partial charge in [0.25, 0.3) is 5.91 Å². The van der Waals surface area contributed by atoms with Gasteiger partial charge < -0.3 is 16.4 Å². The predicted octanol–water partition coefficient (Wildman–Crippen LogP) is 2.41. The van der Waals surface area contributed by atoms with Gasteiger partial charge in [-0.1, -0.05) is 32.0 Å². The highest BCUT2D eigenvalue weighted by molar-refractivity contribution is 5.98. The Morgan fingerprint density at radius 3 is 2.29 bits per heavy atom. The van der Waals surface area contributed by atoms with Crippen LogP contribution in [0.1, 0.15) is 50.0 Å². The van der Waals surface area contributed by atoms with Crippen LogP contribution in [0.4, 0.5) is 0 Å². The van der Waals surface area contributed by atoms with E-state index in [2.05, 4.69) is 10.6 Å². The summed E-state index contributed by atoms with van der Waals surface area (Å²) in [4.78, 5) is 24.8. The summed E-state index contributed by atoms with van der Waals surface area (Å²) >= 11 is 0. The van der Waals surface area contributed by atoms with Gasteiger partial charge in [0.05, 0.1) is 0 Å². The molecule has 0 aliphatic heterocycles. The molecule has 4 N–H and O–H groups in total. The number of rotatable bonds is 7. The van der Waals surface area contributed by atoms with Crippen molar-refractivity contribution < 1.29 is 9.59 Å². The molecular formula is C18H30ClN3O2. The molecule has 0 heterocycles. The second kappa shape index (κ2) is 9.64. The van der Waals surface area contributed by atoms with E-state index in [-0.39, 0.29) is 30.1 Å². The first-order valence-electron chi connectivity index (χ1n) is 8.03. The van der Waals surface area contributed by atoms with Gasteiger partial charge in [-0.15, -0.1) is 12.4 Å². The third kappa shape index (κ3) is 7.79. The second-order valence-electron chi connectivity index (χ2n) is 7.18. The molecule has 1 aromatic rings. The first kappa shape index (κ1) is 22.4. The van der Waals surface area contributed by atoms with Crippen LogP contribution in [-0.4, -0.2) is 29.9 Å². The Labute approximate surface area is 151 Å². The lowest BCUT2D eigenvalue weighted by molar-refractivity contribution is -0.123. The third-order valence-corrected chi connectivity index (χ3v) is 3.44. The molecule has 1 aromatic carbocycles. The highest BCUT2D eigenvalue weighted by atomic mass is 35.5. The van der Waals surface area contributed by atoms with E-state index in [0.29, 0.717) is 18.5 Å². The minimum atomic E-state index is -0.565. The average Bonchev–Trinajstić information content (AvgIpc) is 2.43. The molecule has 136 valence electrons. The number of nitrogens with one attached hydrogen (secondary N) is 2. The summed E-state index contributed by atoms with van der Waals surface area (Å²) in [6, 6.07) is 6.77. The van der Waals surface area contributed by atoms with E-state index in [0.717, 1.165) is 5.56 Å². The molecule has 2 amide bonds. The van der Waals surface area contributed by atoms with E-state index >= 15 is 0 Å². The normalized spacial score (nSPS) is 12.3. The third-order valence-electron chi connectivity index (χ3n) is 3.44.